The Balaban J connectivity index is 1.52. The van der Waals surface area contributed by atoms with Crippen LogP contribution < -0.4 is 21.9 Å². The molecule has 0 fully saturated rings. The Morgan fingerprint density at radius 2 is 1.38 bits per heavy atom. The van der Waals surface area contributed by atoms with Crippen molar-refractivity contribution in [3.05, 3.63) is 107 Å². The van der Waals surface area contributed by atoms with Gasteiger partial charge in [-0.2, -0.15) is 0 Å². The molecule has 160 valence electrons. The number of carbonyl (C=O) groups excluding carboxylic acids is 1. The predicted molar refractivity (Wildman–Crippen MR) is 130 cm³/mol. The van der Waals surface area contributed by atoms with Crippen molar-refractivity contribution in [3.8, 4) is 0 Å². The van der Waals surface area contributed by atoms with Crippen LogP contribution in [0.1, 0.15) is 17.0 Å². The van der Waals surface area contributed by atoms with Gasteiger partial charge in [0.2, 0.25) is 5.91 Å². The zero-order valence-electron chi connectivity index (χ0n) is 17.0. The normalized spacial score (nSPS) is 10.6. The number of hydrogen-bond donors (Lipinski definition) is 4. The van der Waals surface area contributed by atoms with Crippen molar-refractivity contribution in [1.29, 1.82) is 0 Å². The summed E-state index contributed by atoms with van der Waals surface area (Å²) in [5.74, 6) is 0.00530. The molecule has 0 atom stereocenters. The predicted octanol–water partition coefficient (Wildman–Crippen LogP) is 4.84. The van der Waals surface area contributed by atoms with Crippen molar-refractivity contribution in [1.82, 2.24) is 15.4 Å². The average Bonchev–Trinajstić information content (AvgIpc) is 2.82. The number of aromatic nitrogens is 2. The molecule has 5 N–H and O–H groups in total. The van der Waals surface area contributed by atoms with Crippen LogP contribution in [-0.2, 0) is 4.79 Å². The smallest absolute Gasteiger partial charge is 0.250 e. The third-order valence-electron chi connectivity index (χ3n) is 4.82. The summed E-state index contributed by atoms with van der Waals surface area (Å²) in [5, 5.41) is 3.15. The maximum absolute atomic E-state index is 13.2. The Kier molecular flexibility index (Phi) is 6.62. The first-order chi connectivity index (χ1) is 15.6. The minimum atomic E-state index is -0.492. The molecule has 0 saturated heterocycles. The summed E-state index contributed by atoms with van der Waals surface area (Å²) in [7, 11) is 0. The number of hydrogen-bond acceptors (Lipinski definition) is 6. The minimum Gasteiger partial charge on any atom is -0.393 e. The molecule has 3 aromatic carbocycles. The van der Waals surface area contributed by atoms with E-state index in [1.54, 1.807) is 0 Å². The maximum Gasteiger partial charge on any atom is 0.250 e. The number of nitrogen functional groups attached to an aromatic ring is 1. The van der Waals surface area contributed by atoms with Gasteiger partial charge in [-0.3, -0.25) is 15.6 Å². The topological polar surface area (TPSA) is 105 Å². The number of hydrazine groups is 1. The van der Waals surface area contributed by atoms with E-state index in [9.17, 15) is 4.79 Å². The van der Waals surface area contributed by atoms with Crippen molar-refractivity contribution in [2.45, 2.75) is 5.92 Å². The zero-order valence-corrected chi connectivity index (χ0v) is 18.6. The number of rotatable bonds is 7. The molecule has 0 spiro atoms. The van der Waals surface area contributed by atoms with Crippen LogP contribution in [0.2, 0.25) is 0 Å². The number of nitrogens with two attached hydrogens (primary N) is 1. The minimum absolute atomic E-state index is 0.233. The second kappa shape index (κ2) is 9.93. The molecular formula is C24H21BrN6O. The Labute approximate surface area is 194 Å². The highest BCUT2D eigenvalue weighted by atomic mass is 79.9. The molecule has 0 aliphatic carbocycles. The van der Waals surface area contributed by atoms with Gasteiger partial charge in [-0.1, -0.05) is 76.6 Å². The molecule has 8 heteroatoms. The first kappa shape index (κ1) is 21.3. The molecular weight excluding hydrogens is 468 g/mol. The number of halogens is 1. The zero-order chi connectivity index (χ0) is 22.3. The quantitative estimate of drug-likeness (QED) is 0.277. The molecule has 0 aliphatic rings. The Morgan fingerprint density at radius 1 is 0.812 bits per heavy atom. The second-order valence-corrected chi connectivity index (χ2v) is 7.90. The first-order valence-corrected chi connectivity index (χ1v) is 10.7. The highest BCUT2D eigenvalue weighted by Gasteiger charge is 2.23. The second-order valence-electron chi connectivity index (χ2n) is 6.99. The number of amides is 1. The molecule has 7 nitrogen and oxygen atoms in total. The molecule has 4 aromatic rings. The number of carbonyl (C=O) groups is 1. The van der Waals surface area contributed by atoms with E-state index in [-0.39, 0.29) is 11.6 Å². The van der Waals surface area contributed by atoms with Crippen LogP contribution in [0.25, 0.3) is 0 Å². The van der Waals surface area contributed by atoms with Gasteiger partial charge in [0.15, 0.2) is 11.6 Å². The van der Waals surface area contributed by atoms with Crippen LogP contribution in [-0.4, -0.2) is 15.9 Å². The fourth-order valence-electron chi connectivity index (χ4n) is 3.24. The summed E-state index contributed by atoms with van der Waals surface area (Å²) >= 11 is 3.41. The Hall–Kier alpha value is -3.91. The number of benzene rings is 3. The highest BCUT2D eigenvalue weighted by molar-refractivity contribution is 9.10. The van der Waals surface area contributed by atoms with E-state index < -0.39 is 5.92 Å². The molecule has 0 radical (unpaired) electrons. The lowest BCUT2D eigenvalue weighted by Gasteiger charge is -2.19. The fourth-order valence-corrected chi connectivity index (χ4v) is 3.51. The summed E-state index contributed by atoms with van der Waals surface area (Å²) in [5.41, 5.74) is 14.7. The van der Waals surface area contributed by atoms with Gasteiger partial charge in [0.25, 0.3) is 0 Å². The van der Waals surface area contributed by atoms with E-state index in [0.717, 1.165) is 21.3 Å². The third kappa shape index (κ3) is 5.04. The van der Waals surface area contributed by atoms with E-state index in [2.05, 4.69) is 42.1 Å². The standard InChI is InChI=1S/C24H21BrN6O/c25-18-11-13-19(14-12-18)29-22-21(26)23(28-15-27-22)30-31-24(32)20(16-7-3-1-4-8-16)17-9-5-2-6-10-17/h1-15,20H,26H2,(H,31,32)(H2,27,28,29,30). The van der Waals surface area contributed by atoms with Gasteiger partial charge in [-0.25, -0.2) is 9.97 Å². The molecule has 4 rings (SSSR count). The molecule has 1 heterocycles. The largest absolute Gasteiger partial charge is 0.393 e. The van der Waals surface area contributed by atoms with Gasteiger partial charge in [0.05, 0.1) is 5.92 Å². The van der Waals surface area contributed by atoms with Crippen LogP contribution in [0.15, 0.2) is 95.7 Å². The molecule has 32 heavy (non-hydrogen) atoms. The van der Waals surface area contributed by atoms with Crippen LogP contribution >= 0.6 is 15.9 Å². The maximum atomic E-state index is 13.2. The molecule has 1 amide bonds. The van der Waals surface area contributed by atoms with Crippen molar-refractivity contribution >= 4 is 44.8 Å². The molecule has 1 aromatic heterocycles. The van der Waals surface area contributed by atoms with Crippen molar-refractivity contribution < 1.29 is 4.79 Å². The first-order valence-electron chi connectivity index (χ1n) is 9.90. The van der Waals surface area contributed by atoms with E-state index in [0.29, 0.717) is 11.6 Å². The third-order valence-corrected chi connectivity index (χ3v) is 5.35. The van der Waals surface area contributed by atoms with E-state index >= 15 is 0 Å². The molecule has 0 unspecified atom stereocenters. The Bertz CT molecular complexity index is 1150. The van der Waals surface area contributed by atoms with E-state index in [1.807, 2.05) is 84.9 Å². The number of anilines is 4. The number of nitrogens with zero attached hydrogens (tertiary/aromatic N) is 2. The van der Waals surface area contributed by atoms with Gasteiger partial charge in [0.1, 0.15) is 12.0 Å². The summed E-state index contributed by atoms with van der Waals surface area (Å²) in [4.78, 5) is 21.5. The van der Waals surface area contributed by atoms with Gasteiger partial charge in [-0.05, 0) is 35.4 Å². The lowest BCUT2D eigenvalue weighted by Crippen LogP contribution is -2.35. The Morgan fingerprint density at radius 3 is 1.97 bits per heavy atom. The van der Waals surface area contributed by atoms with Crippen molar-refractivity contribution in [2.75, 3.05) is 16.5 Å². The lowest BCUT2D eigenvalue weighted by molar-refractivity contribution is -0.121. The van der Waals surface area contributed by atoms with Crippen molar-refractivity contribution in [3.63, 3.8) is 0 Å². The van der Waals surface area contributed by atoms with E-state index in [1.165, 1.54) is 6.33 Å². The van der Waals surface area contributed by atoms with Gasteiger partial charge in [-0.15, -0.1) is 0 Å². The van der Waals surface area contributed by atoms with E-state index in [4.69, 9.17) is 5.73 Å². The van der Waals surface area contributed by atoms with Gasteiger partial charge < -0.3 is 11.1 Å². The summed E-state index contributed by atoms with van der Waals surface area (Å²) in [6, 6.07) is 26.8. The highest BCUT2D eigenvalue weighted by Crippen LogP contribution is 2.27. The average molecular weight is 489 g/mol. The van der Waals surface area contributed by atoms with Crippen LogP contribution in [0.5, 0.6) is 0 Å². The van der Waals surface area contributed by atoms with Crippen molar-refractivity contribution in [2.24, 2.45) is 0 Å². The van der Waals surface area contributed by atoms with Crippen LogP contribution in [0, 0.1) is 0 Å². The summed E-state index contributed by atoms with van der Waals surface area (Å²) in [6.07, 6.45) is 1.37. The molecule has 0 aliphatic heterocycles. The van der Waals surface area contributed by atoms with Crippen LogP contribution in [0.3, 0.4) is 0 Å². The molecule has 0 saturated carbocycles. The monoisotopic (exact) mass is 488 g/mol. The van der Waals surface area contributed by atoms with Crippen LogP contribution in [0.4, 0.5) is 23.0 Å². The summed E-state index contributed by atoms with van der Waals surface area (Å²) in [6.45, 7) is 0. The number of nitrogens with one attached hydrogen (secondary N) is 3. The van der Waals surface area contributed by atoms with Gasteiger partial charge in [0, 0.05) is 10.2 Å². The lowest BCUT2D eigenvalue weighted by atomic mass is 9.91. The SMILES string of the molecule is Nc1c(NNC(=O)C(c2ccccc2)c2ccccc2)ncnc1Nc1ccc(Br)cc1. The molecule has 0 bridgehead atoms. The summed E-state index contributed by atoms with van der Waals surface area (Å²) < 4.78 is 0.968. The van der Waals surface area contributed by atoms with Gasteiger partial charge >= 0.3 is 0 Å². The fraction of sp³-hybridized carbons (Fsp3) is 0.0417.